The molecule has 2 aromatic heterocycles. The fourth-order valence-electron chi connectivity index (χ4n) is 2.57. The summed E-state index contributed by atoms with van der Waals surface area (Å²) in [5.74, 6) is -1.25. The standard InChI is InChI=1S/C17H22N4O5/c1-9(2)21-12(6-7-18-21)20-13(22)8-26-17(24)15-10(3)14(11(4)19-15)16(23)25-5/h6-7,9,19H,8H2,1-5H3,(H,20,22). The Labute approximate surface area is 150 Å². The third-order valence-electron chi connectivity index (χ3n) is 3.79. The van der Waals surface area contributed by atoms with Crippen LogP contribution in [0.15, 0.2) is 12.3 Å². The van der Waals surface area contributed by atoms with Crippen LogP contribution in [0.4, 0.5) is 5.82 Å². The van der Waals surface area contributed by atoms with Crippen LogP contribution in [0.1, 0.15) is 52.0 Å². The molecule has 0 atom stereocenters. The summed E-state index contributed by atoms with van der Waals surface area (Å²) in [6.45, 7) is 6.65. The maximum Gasteiger partial charge on any atom is 0.355 e. The van der Waals surface area contributed by atoms with Crippen LogP contribution in [0, 0.1) is 13.8 Å². The van der Waals surface area contributed by atoms with E-state index in [1.165, 1.54) is 7.11 Å². The molecule has 2 aromatic rings. The van der Waals surface area contributed by atoms with E-state index >= 15 is 0 Å². The number of nitrogens with zero attached hydrogens (tertiary/aromatic N) is 2. The maximum absolute atomic E-state index is 12.2. The van der Waals surface area contributed by atoms with E-state index in [9.17, 15) is 14.4 Å². The van der Waals surface area contributed by atoms with E-state index in [2.05, 4.69) is 15.4 Å². The zero-order valence-electron chi connectivity index (χ0n) is 15.4. The maximum atomic E-state index is 12.2. The van der Waals surface area contributed by atoms with Crippen LogP contribution < -0.4 is 5.32 Å². The van der Waals surface area contributed by atoms with Crippen molar-refractivity contribution >= 4 is 23.7 Å². The van der Waals surface area contributed by atoms with Crippen molar-refractivity contribution in [3.63, 3.8) is 0 Å². The lowest BCUT2D eigenvalue weighted by molar-refractivity contribution is -0.119. The highest BCUT2D eigenvalue weighted by molar-refractivity contribution is 5.99. The van der Waals surface area contributed by atoms with Gasteiger partial charge in [-0.3, -0.25) is 4.79 Å². The number of amides is 1. The molecule has 0 bridgehead atoms. The van der Waals surface area contributed by atoms with Crippen molar-refractivity contribution in [2.24, 2.45) is 0 Å². The molecule has 140 valence electrons. The van der Waals surface area contributed by atoms with Gasteiger partial charge in [-0.05, 0) is 33.3 Å². The Hall–Kier alpha value is -3.10. The van der Waals surface area contributed by atoms with Gasteiger partial charge in [0.05, 0.1) is 18.9 Å². The van der Waals surface area contributed by atoms with Crippen LogP contribution in [0.5, 0.6) is 0 Å². The Morgan fingerprint density at radius 2 is 1.96 bits per heavy atom. The lowest BCUT2D eigenvalue weighted by Crippen LogP contribution is -2.23. The van der Waals surface area contributed by atoms with Crippen LogP contribution in [0.3, 0.4) is 0 Å². The van der Waals surface area contributed by atoms with E-state index in [-0.39, 0.29) is 17.3 Å². The smallest absolute Gasteiger partial charge is 0.355 e. The van der Waals surface area contributed by atoms with Crippen molar-refractivity contribution in [1.82, 2.24) is 14.8 Å². The summed E-state index contributed by atoms with van der Waals surface area (Å²) in [6.07, 6.45) is 1.57. The average molecular weight is 362 g/mol. The molecule has 0 saturated carbocycles. The SMILES string of the molecule is COC(=O)c1c(C)[nH]c(C(=O)OCC(=O)Nc2ccnn2C(C)C)c1C. The molecular formula is C17H22N4O5. The minimum Gasteiger partial charge on any atom is -0.465 e. The van der Waals surface area contributed by atoms with Crippen molar-refractivity contribution in [2.45, 2.75) is 33.7 Å². The zero-order valence-corrected chi connectivity index (χ0v) is 15.4. The number of nitrogens with one attached hydrogen (secondary N) is 2. The highest BCUT2D eigenvalue weighted by Crippen LogP contribution is 2.19. The number of ether oxygens (including phenoxy) is 2. The first-order valence-corrected chi connectivity index (χ1v) is 8.04. The molecule has 0 fully saturated rings. The Morgan fingerprint density at radius 3 is 2.58 bits per heavy atom. The van der Waals surface area contributed by atoms with Crippen LogP contribution in [-0.2, 0) is 14.3 Å². The highest BCUT2D eigenvalue weighted by atomic mass is 16.5. The van der Waals surface area contributed by atoms with Crippen LogP contribution in [0.2, 0.25) is 0 Å². The summed E-state index contributed by atoms with van der Waals surface area (Å²) >= 11 is 0. The predicted octanol–water partition coefficient (Wildman–Crippen LogP) is 1.99. The molecular weight excluding hydrogens is 340 g/mol. The number of hydrogen-bond acceptors (Lipinski definition) is 6. The number of H-pyrrole nitrogens is 1. The van der Waals surface area contributed by atoms with Gasteiger partial charge in [0, 0.05) is 17.8 Å². The van der Waals surface area contributed by atoms with Crippen molar-refractivity contribution in [1.29, 1.82) is 0 Å². The summed E-state index contributed by atoms with van der Waals surface area (Å²) < 4.78 is 11.4. The molecule has 0 spiro atoms. The molecule has 0 aromatic carbocycles. The molecule has 0 unspecified atom stereocenters. The van der Waals surface area contributed by atoms with Crippen LogP contribution in [-0.4, -0.2) is 46.3 Å². The number of anilines is 1. The lowest BCUT2D eigenvalue weighted by atomic mass is 10.1. The molecule has 2 N–H and O–H groups in total. The first kappa shape index (κ1) is 19.2. The molecule has 0 saturated heterocycles. The monoisotopic (exact) mass is 362 g/mol. The summed E-state index contributed by atoms with van der Waals surface area (Å²) in [5.41, 5.74) is 1.30. The van der Waals surface area contributed by atoms with Crippen LogP contribution >= 0.6 is 0 Å². The largest absolute Gasteiger partial charge is 0.465 e. The number of esters is 2. The topological polar surface area (TPSA) is 115 Å². The fourth-order valence-corrected chi connectivity index (χ4v) is 2.57. The molecule has 1 amide bonds. The molecule has 26 heavy (non-hydrogen) atoms. The molecule has 0 aliphatic rings. The lowest BCUT2D eigenvalue weighted by Gasteiger charge is -2.11. The van der Waals surface area contributed by atoms with Gasteiger partial charge in [0.25, 0.3) is 5.91 Å². The number of rotatable bonds is 6. The minimum absolute atomic E-state index is 0.0733. The summed E-state index contributed by atoms with van der Waals surface area (Å²) in [4.78, 5) is 38.8. The average Bonchev–Trinajstić information content (AvgIpc) is 3.16. The van der Waals surface area contributed by atoms with Gasteiger partial charge in [-0.1, -0.05) is 0 Å². The molecule has 0 aliphatic carbocycles. The second kappa shape index (κ2) is 7.85. The van der Waals surface area contributed by atoms with E-state index < -0.39 is 24.5 Å². The number of aromatic amines is 1. The summed E-state index contributed by atoms with van der Waals surface area (Å²) in [7, 11) is 1.26. The van der Waals surface area contributed by atoms with E-state index in [4.69, 9.17) is 9.47 Å². The van der Waals surface area contributed by atoms with Gasteiger partial charge in [0.2, 0.25) is 0 Å². The number of carbonyl (C=O) groups is 3. The normalized spacial score (nSPS) is 10.7. The molecule has 0 radical (unpaired) electrons. The van der Waals surface area contributed by atoms with E-state index in [0.29, 0.717) is 17.1 Å². The zero-order chi connectivity index (χ0) is 19.4. The molecule has 0 aliphatic heterocycles. The fraction of sp³-hybridized carbons (Fsp3) is 0.412. The van der Waals surface area contributed by atoms with Crippen molar-refractivity contribution in [3.8, 4) is 0 Å². The van der Waals surface area contributed by atoms with Crippen molar-refractivity contribution in [3.05, 3.63) is 34.8 Å². The quantitative estimate of drug-likeness (QED) is 0.759. The Morgan fingerprint density at radius 1 is 1.27 bits per heavy atom. The van der Waals surface area contributed by atoms with Crippen LogP contribution in [0.25, 0.3) is 0 Å². The number of aromatic nitrogens is 3. The number of methoxy groups -OCH3 is 1. The Bertz CT molecular complexity index is 834. The highest BCUT2D eigenvalue weighted by Gasteiger charge is 2.24. The predicted molar refractivity (Wildman–Crippen MR) is 93.1 cm³/mol. The first-order chi connectivity index (χ1) is 12.3. The van der Waals surface area contributed by atoms with Gasteiger partial charge in [0.1, 0.15) is 11.5 Å². The van der Waals surface area contributed by atoms with Crippen molar-refractivity contribution in [2.75, 3.05) is 19.0 Å². The molecule has 9 heteroatoms. The minimum atomic E-state index is -0.728. The van der Waals surface area contributed by atoms with E-state index in [1.54, 1.807) is 30.8 Å². The van der Waals surface area contributed by atoms with E-state index in [0.717, 1.165) is 0 Å². The number of hydrogen-bond donors (Lipinski definition) is 2. The van der Waals surface area contributed by atoms with Gasteiger partial charge in [-0.25, -0.2) is 14.3 Å². The summed E-state index contributed by atoms with van der Waals surface area (Å²) in [6, 6.07) is 1.73. The van der Waals surface area contributed by atoms with Gasteiger partial charge >= 0.3 is 11.9 Å². The van der Waals surface area contributed by atoms with Gasteiger partial charge in [-0.15, -0.1) is 0 Å². The molecule has 2 heterocycles. The van der Waals surface area contributed by atoms with E-state index in [1.807, 2.05) is 13.8 Å². The number of carbonyl (C=O) groups excluding carboxylic acids is 3. The Kier molecular flexibility index (Phi) is 5.81. The summed E-state index contributed by atoms with van der Waals surface area (Å²) in [5, 5.41) is 6.74. The first-order valence-electron chi connectivity index (χ1n) is 8.04. The molecule has 9 nitrogen and oxygen atoms in total. The van der Waals surface area contributed by atoms with Gasteiger partial charge < -0.3 is 19.8 Å². The second-order valence-corrected chi connectivity index (χ2v) is 6.00. The second-order valence-electron chi connectivity index (χ2n) is 6.00. The number of aryl methyl sites for hydroxylation is 1. The van der Waals surface area contributed by atoms with Gasteiger partial charge in [0.15, 0.2) is 6.61 Å². The van der Waals surface area contributed by atoms with Gasteiger partial charge in [-0.2, -0.15) is 5.10 Å². The van der Waals surface area contributed by atoms with Crippen molar-refractivity contribution < 1.29 is 23.9 Å². The third kappa shape index (κ3) is 3.93. The third-order valence-corrected chi connectivity index (χ3v) is 3.79. The molecule has 2 rings (SSSR count). The Balaban J connectivity index is 2.01.